The maximum absolute atomic E-state index is 13.0. The Morgan fingerprint density at radius 3 is 2.59 bits per heavy atom. The zero-order valence-corrected chi connectivity index (χ0v) is 21.2. The van der Waals surface area contributed by atoms with Gasteiger partial charge in [-0.3, -0.25) is 14.8 Å². The van der Waals surface area contributed by atoms with Gasteiger partial charge in [0, 0.05) is 39.3 Å². The van der Waals surface area contributed by atoms with E-state index in [1.165, 1.54) is 0 Å². The molecule has 0 N–H and O–H groups in total. The molecule has 1 aromatic rings. The summed E-state index contributed by atoms with van der Waals surface area (Å²) < 4.78 is 21.3. The third-order valence-electron chi connectivity index (χ3n) is 5.17. The second-order valence-corrected chi connectivity index (χ2v) is 8.86. The predicted molar refractivity (Wildman–Crippen MR) is 137 cm³/mol. The molecule has 8 nitrogen and oxygen atoms in total. The van der Waals surface area contributed by atoms with Crippen LogP contribution in [0.2, 0.25) is 0 Å². The Morgan fingerprint density at radius 1 is 1.21 bits per heavy atom. The molecule has 34 heavy (non-hydrogen) atoms. The lowest BCUT2D eigenvalue weighted by molar-refractivity contribution is 0.0526. The van der Waals surface area contributed by atoms with Gasteiger partial charge in [-0.25, -0.2) is 0 Å². The SMILES string of the molecule is C=C1CC(/C=C\C(=NC)OCCOCCOC)=NN1CC(=O)c1cc(OC)cc(C(C)(C)C)c1.[HH]. The highest BCUT2D eigenvalue weighted by molar-refractivity contribution is 6.03. The van der Waals surface area contributed by atoms with E-state index >= 15 is 0 Å². The second kappa shape index (κ2) is 13.1. The minimum atomic E-state index is -0.104. The zero-order chi connectivity index (χ0) is 25.1. The molecule has 0 saturated heterocycles. The predicted octanol–water partition coefficient (Wildman–Crippen LogP) is 4.26. The summed E-state index contributed by atoms with van der Waals surface area (Å²) in [6.07, 6.45) is 4.13. The van der Waals surface area contributed by atoms with E-state index < -0.39 is 0 Å². The first-order valence-corrected chi connectivity index (χ1v) is 11.3. The highest BCUT2D eigenvalue weighted by atomic mass is 16.5. The fourth-order valence-corrected chi connectivity index (χ4v) is 3.14. The van der Waals surface area contributed by atoms with Crippen LogP contribution < -0.4 is 4.74 Å². The van der Waals surface area contributed by atoms with Crippen LogP contribution in [-0.4, -0.2) is 76.6 Å². The monoisotopic (exact) mass is 473 g/mol. The number of hydrogen-bond acceptors (Lipinski definition) is 8. The van der Waals surface area contributed by atoms with E-state index in [9.17, 15) is 4.79 Å². The van der Waals surface area contributed by atoms with Gasteiger partial charge < -0.3 is 18.9 Å². The number of ether oxygens (including phenoxy) is 4. The number of aliphatic imine (C=N–C) groups is 1. The lowest BCUT2D eigenvalue weighted by Crippen LogP contribution is -2.22. The molecule has 1 aliphatic heterocycles. The number of allylic oxidation sites excluding steroid dienone is 2. The number of hydrogen-bond donors (Lipinski definition) is 0. The molecule has 1 heterocycles. The number of nitrogens with zero attached hydrogens (tertiary/aromatic N) is 3. The van der Waals surface area contributed by atoms with Crippen LogP contribution in [0.3, 0.4) is 0 Å². The summed E-state index contributed by atoms with van der Waals surface area (Å²) >= 11 is 0. The van der Waals surface area contributed by atoms with Gasteiger partial charge in [0.1, 0.15) is 18.9 Å². The molecule has 188 valence electrons. The number of Topliss-reactive ketones (excluding diaryl/α,β-unsaturated/α-hetero) is 1. The molecule has 0 aromatic heterocycles. The molecule has 0 aliphatic carbocycles. The molecule has 8 heteroatoms. The van der Waals surface area contributed by atoms with Gasteiger partial charge >= 0.3 is 0 Å². The van der Waals surface area contributed by atoms with Crippen LogP contribution in [0.15, 0.2) is 52.7 Å². The Kier molecular flexibility index (Phi) is 10.5. The molecule has 0 bridgehead atoms. The summed E-state index contributed by atoms with van der Waals surface area (Å²) in [6.45, 7) is 12.4. The van der Waals surface area contributed by atoms with Gasteiger partial charge in [-0.2, -0.15) is 5.10 Å². The van der Waals surface area contributed by atoms with Gasteiger partial charge in [-0.15, -0.1) is 0 Å². The minimum absolute atomic E-state index is 0. The Morgan fingerprint density at radius 2 is 1.94 bits per heavy atom. The number of methoxy groups -OCH3 is 2. The highest BCUT2D eigenvalue weighted by Crippen LogP contribution is 2.28. The zero-order valence-electron chi connectivity index (χ0n) is 21.2. The summed E-state index contributed by atoms with van der Waals surface area (Å²) in [5.41, 5.74) is 3.07. The molecular formula is C26H39N3O5. The van der Waals surface area contributed by atoms with Crippen molar-refractivity contribution in [3.63, 3.8) is 0 Å². The lowest BCUT2D eigenvalue weighted by Gasteiger charge is -2.21. The largest absolute Gasteiger partial charge is 0.497 e. The molecule has 1 aromatic carbocycles. The summed E-state index contributed by atoms with van der Waals surface area (Å²) in [6, 6.07) is 5.66. The molecule has 0 radical (unpaired) electrons. The van der Waals surface area contributed by atoms with E-state index in [4.69, 9.17) is 18.9 Å². The number of hydrazone groups is 1. The molecule has 0 amide bonds. The van der Waals surface area contributed by atoms with Crippen molar-refractivity contribution in [3.8, 4) is 5.75 Å². The van der Waals surface area contributed by atoms with Crippen molar-refractivity contribution >= 4 is 17.4 Å². The van der Waals surface area contributed by atoms with Crippen molar-refractivity contribution in [1.29, 1.82) is 0 Å². The van der Waals surface area contributed by atoms with Crippen LogP contribution in [0.4, 0.5) is 0 Å². The Balaban J connectivity index is 0.00000612. The van der Waals surface area contributed by atoms with Crippen molar-refractivity contribution in [2.45, 2.75) is 32.6 Å². The minimum Gasteiger partial charge on any atom is -0.497 e. The van der Waals surface area contributed by atoms with Gasteiger partial charge in [0.05, 0.1) is 32.6 Å². The number of carbonyl (C=O) groups is 1. The van der Waals surface area contributed by atoms with E-state index in [2.05, 4.69) is 37.4 Å². The van der Waals surface area contributed by atoms with E-state index in [-0.39, 0.29) is 19.2 Å². The van der Waals surface area contributed by atoms with E-state index in [1.54, 1.807) is 38.4 Å². The lowest BCUT2D eigenvalue weighted by atomic mass is 9.85. The quantitative estimate of drug-likeness (QED) is 0.195. The van der Waals surface area contributed by atoms with E-state index in [0.717, 1.165) is 17.0 Å². The molecule has 1 aliphatic rings. The summed E-state index contributed by atoms with van der Waals surface area (Å²) in [5.74, 6) is 1.09. The summed E-state index contributed by atoms with van der Waals surface area (Å²) in [7, 11) is 4.89. The average Bonchev–Trinajstić information content (AvgIpc) is 3.15. The van der Waals surface area contributed by atoms with Crippen LogP contribution in [0.1, 0.15) is 44.5 Å². The van der Waals surface area contributed by atoms with Crippen molar-refractivity contribution in [2.24, 2.45) is 10.1 Å². The molecule has 0 spiro atoms. The first-order chi connectivity index (χ1) is 16.2. The summed E-state index contributed by atoms with van der Waals surface area (Å²) in [4.78, 5) is 17.2. The first kappa shape index (κ1) is 27.3. The Bertz CT molecular complexity index is 951. The fourth-order valence-electron chi connectivity index (χ4n) is 3.14. The van der Waals surface area contributed by atoms with Gasteiger partial charge in [-0.05, 0) is 35.3 Å². The van der Waals surface area contributed by atoms with Crippen LogP contribution in [0.25, 0.3) is 0 Å². The van der Waals surface area contributed by atoms with Gasteiger partial charge in [-0.1, -0.05) is 27.4 Å². The molecule has 0 fully saturated rings. The number of rotatable bonds is 12. The standard InChI is InChI=1S/C26H37N3O5.H2/c1-19-14-22(8-9-25(27-5)34-13-12-33-11-10-31-6)28-29(19)18-24(30)20-15-21(26(2,3)4)17-23(16-20)32-7;/h8-9,15-17H,1,10-14,18H2,2-7H3;1H/b9-8-,27-25?;. The van der Waals surface area contributed by atoms with Crippen LogP contribution >= 0.6 is 0 Å². The molecule has 0 saturated carbocycles. The fraction of sp³-hybridized carbons (Fsp3) is 0.500. The van der Waals surface area contributed by atoms with E-state index in [1.807, 2.05) is 18.2 Å². The van der Waals surface area contributed by atoms with Crippen LogP contribution in [0.5, 0.6) is 5.75 Å². The molecule has 2 rings (SSSR count). The Hall–Kier alpha value is -2.97. The second-order valence-electron chi connectivity index (χ2n) is 8.86. The summed E-state index contributed by atoms with van der Waals surface area (Å²) in [5, 5.41) is 6.19. The average molecular weight is 474 g/mol. The van der Waals surface area contributed by atoms with Crippen molar-refractivity contribution in [3.05, 3.63) is 53.8 Å². The van der Waals surface area contributed by atoms with Gasteiger partial charge in [0.25, 0.3) is 0 Å². The first-order valence-electron chi connectivity index (χ1n) is 11.3. The maximum Gasteiger partial charge on any atom is 0.208 e. The molecular weight excluding hydrogens is 434 g/mol. The number of carbonyl (C=O) groups excluding carboxylic acids is 1. The molecule has 0 atom stereocenters. The maximum atomic E-state index is 13.0. The third-order valence-corrected chi connectivity index (χ3v) is 5.17. The number of benzene rings is 1. The van der Waals surface area contributed by atoms with Crippen molar-refractivity contribution < 1.29 is 25.2 Å². The third kappa shape index (κ3) is 8.43. The van der Waals surface area contributed by atoms with Crippen molar-refractivity contribution in [2.75, 3.05) is 54.2 Å². The number of ketones is 1. The van der Waals surface area contributed by atoms with Gasteiger partial charge in [0.2, 0.25) is 5.90 Å². The molecule has 0 unspecified atom stereocenters. The Labute approximate surface area is 204 Å². The normalized spacial score (nSPS) is 14.6. The van der Waals surface area contributed by atoms with Crippen LogP contribution in [-0.2, 0) is 19.6 Å². The van der Waals surface area contributed by atoms with Crippen molar-refractivity contribution in [1.82, 2.24) is 5.01 Å². The topological polar surface area (TPSA) is 82.0 Å². The highest BCUT2D eigenvalue weighted by Gasteiger charge is 2.23. The smallest absolute Gasteiger partial charge is 0.208 e. The van der Waals surface area contributed by atoms with E-state index in [0.29, 0.717) is 50.1 Å². The van der Waals surface area contributed by atoms with Gasteiger partial charge in [0.15, 0.2) is 5.78 Å². The van der Waals surface area contributed by atoms with Crippen LogP contribution in [0, 0.1) is 0 Å².